The predicted molar refractivity (Wildman–Crippen MR) is 120 cm³/mol. The molecule has 1 aliphatic heterocycles. The number of nitrogens with zero attached hydrogens (tertiary/aromatic N) is 2. The van der Waals surface area contributed by atoms with Gasteiger partial charge in [0.2, 0.25) is 0 Å². The summed E-state index contributed by atoms with van der Waals surface area (Å²) >= 11 is 5.36. The number of fused-ring (bicyclic) bond motifs is 3. The minimum Gasteiger partial charge on any atom is -0.268 e. The van der Waals surface area contributed by atoms with E-state index in [4.69, 9.17) is 4.98 Å². The lowest BCUT2D eigenvalue weighted by molar-refractivity contribution is 0.698. The summed E-state index contributed by atoms with van der Waals surface area (Å²) < 4.78 is 1.99. The number of hydrogen-bond acceptors (Lipinski definition) is 5. The maximum absolute atomic E-state index is 13.7. The van der Waals surface area contributed by atoms with Crippen LogP contribution in [0.25, 0.3) is 15.9 Å². The van der Waals surface area contributed by atoms with Gasteiger partial charge in [0.05, 0.1) is 11.1 Å². The largest absolute Gasteiger partial charge is 0.268 e. The molecule has 0 spiro atoms. The molecule has 4 rings (SSSR count). The van der Waals surface area contributed by atoms with Crippen LogP contribution >= 0.6 is 34.9 Å². The van der Waals surface area contributed by atoms with E-state index >= 15 is 0 Å². The third kappa shape index (κ3) is 3.59. The smallest absolute Gasteiger partial charge is 0.267 e. The monoisotopic (exact) mass is 416 g/mol. The molecule has 27 heavy (non-hydrogen) atoms. The summed E-state index contributed by atoms with van der Waals surface area (Å²) in [4.78, 5) is 20.8. The van der Waals surface area contributed by atoms with Crippen LogP contribution in [0.3, 0.4) is 0 Å². The summed E-state index contributed by atoms with van der Waals surface area (Å²) in [5.74, 6) is 1.93. The number of thioether (sulfide) groups is 2. The molecule has 0 saturated carbocycles. The van der Waals surface area contributed by atoms with E-state index in [1.807, 2.05) is 28.5 Å². The average molecular weight is 417 g/mol. The second-order valence-electron chi connectivity index (χ2n) is 7.63. The van der Waals surface area contributed by atoms with E-state index in [2.05, 4.69) is 39.8 Å². The highest BCUT2D eigenvalue weighted by atomic mass is 32.2. The molecule has 0 fully saturated rings. The molecule has 0 amide bonds. The summed E-state index contributed by atoms with van der Waals surface area (Å²) in [5.41, 5.74) is 3.41. The molecular weight excluding hydrogens is 392 g/mol. The van der Waals surface area contributed by atoms with Gasteiger partial charge >= 0.3 is 0 Å². The number of rotatable bonds is 4. The van der Waals surface area contributed by atoms with Gasteiger partial charge in [0.1, 0.15) is 4.83 Å². The second kappa shape index (κ2) is 7.30. The fraction of sp³-hybridized carbons (Fsp3) is 0.429. The van der Waals surface area contributed by atoms with Gasteiger partial charge < -0.3 is 0 Å². The lowest BCUT2D eigenvalue weighted by Crippen LogP contribution is -2.26. The van der Waals surface area contributed by atoms with Crippen molar-refractivity contribution in [2.75, 3.05) is 5.75 Å². The summed E-state index contributed by atoms with van der Waals surface area (Å²) in [6, 6.07) is 8.17. The van der Waals surface area contributed by atoms with Crippen molar-refractivity contribution in [2.24, 2.45) is 0 Å². The zero-order valence-corrected chi connectivity index (χ0v) is 18.6. The standard InChI is InChI=1S/C21H24N2OS3/c1-5-10-25-20-22-18-17(15-11-21(3,4)26-12-16(15)27-18)19(24)23(20)14-8-6-13(2)7-9-14/h6-9H,5,10-12H2,1-4H3. The molecule has 0 atom stereocenters. The van der Waals surface area contributed by atoms with Crippen LogP contribution in [0.1, 0.15) is 43.2 Å². The Morgan fingerprint density at radius 1 is 1.26 bits per heavy atom. The fourth-order valence-corrected chi connectivity index (χ4v) is 6.63. The first-order chi connectivity index (χ1) is 12.9. The number of hydrogen-bond donors (Lipinski definition) is 0. The van der Waals surface area contributed by atoms with Gasteiger partial charge in [-0.05, 0) is 37.5 Å². The Balaban J connectivity index is 1.98. The van der Waals surface area contributed by atoms with Crippen molar-refractivity contribution in [1.29, 1.82) is 0 Å². The Bertz CT molecular complexity index is 1050. The van der Waals surface area contributed by atoms with Gasteiger partial charge in [-0.3, -0.25) is 9.36 Å². The van der Waals surface area contributed by atoms with Crippen molar-refractivity contribution in [3.05, 3.63) is 50.6 Å². The fourth-order valence-electron chi connectivity index (χ4n) is 3.39. The molecule has 3 nitrogen and oxygen atoms in total. The molecule has 2 aromatic heterocycles. The minimum atomic E-state index is 0.0858. The molecule has 1 aliphatic rings. The van der Waals surface area contributed by atoms with E-state index in [-0.39, 0.29) is 10.3 Å². The maximum atomic E-state index is 13.7. The van der Waals surface area contributed by atoms with Crippen molar-refractivity contribution in [3.63, 3.8) is 0 Å². The average Bonchev–Trinajstić information content (AvgIpc) is 2.97. The zero-order valence-electron chi connectivity index (χ0n) is 16.2. The summed E-state index contributed by atoms with van der Waals surface area (Å²) in [6.45, 7) is 8.75. The van der Waals surface area contributed by atoms with Gasteiger partial charge in [0.25, 0.3) is 5.56 Å². The Morgan fingerprint density at radius 3 is 2.70 bits per heavy atom. The van der Waals surface area contributed by atoms with E-state index in [0.29, 0.717) is 0 Å². The van der Waals surface area contributed by atoms with Crippen LogP contribution in [0.4, 0.5) is 0 Å². The topological polar surface area (TPSA) is 34.9 Å². The molecule has 0 unspecified atom stereocenters. The molecule has 0 aliphatic carbocycles. The van der Waals surface area contributed by atoms with Gasteiger partial charge in [-0.1, -0.05) is 50.2 Å². The van der Waals surface area contributed by atoms with Gasteiger partial charge in [-0.25, -0.2) is 4.98 Å². The summed E-state index contributed by atoms with van der Waals surface area (Å²) in [7, 11) is 0. The molecule has 3 heterocycles. The van der Waals surface area contributed by atoms with Crippen molar-refractivity contribution in [1.82, 2.24) is 9.55 Å². The first kappa shape index (κ1) is 19.1. The molecule has 0 radical (unpaired) electrons. The summed E-state index contributed by atoms with van der Waals surface area (Å²) in [6.07, 6.45) is 1.98. The molecule has 0 N–H and O–H groups in total. The first-order valence-electron chi connectivity index (χ1n) is 9.31. The normalized spacial score (nSPS) is 15.9. The summed E-state index contributed by atoms with van der Waals surface area (Å²) in [5, 5.41) is 1.65. The van der Waals surface area contributed by atoms with Crippen LogP contribution in [-0.2, 0) is 12.2 Å². The van der Waals surface area contributed by atoms with E-state index < -0.39 is 0 Å². The molecule has 6 heteroatoms. The molecular formula is C21H24N2OS3. The Hall–Kier alpha value is -1.24. The van der Waals surface area contributed by atoms with Crippen LogP contribution in [0.5, 0.6) is 0 Å². The van der Waals surface area contributed by atoms with Crippen LogP contribution in [0, 0.1) is 6.92 Å². The SMILES string of the molecule is CCCSc1nc2sc3c(c2c(=O)n1-c1ccc(C)cc1)CC(C)(C)SC3. The number of aryl methyl sites for hydroxylation is 1. The van der Waals surface area contributed by atoms with E-state index in [0.717, 1.165) is 45.4 Å². The van der Waals surface area contributed by atoms with E-state index in [1.165, 1.54) is 16.0 Å². The molecule has 0 saturated heterocycles. The highest BCUT2D eigenvalue weighted by molar-refractivity contribution is 8.00. The molecule has 142 valence electrons. The second-order valence-corrected chi connectivity index (χ2v) is 11.5. The third-order valence-corrected chi connectivity index (χ3v) is 8.61. The van der Waals surface area contributed by atoms with Gasteiger partial charge in [-0.2, -0.15) is 0 Å². The van der Waals surface area contributed by atoms with E-state index in [9.17, 15) is 4.79 Å². The highest BCUT2D eigenvalue weighted by Gasteiger charge is 2.31. The highest BCUT2D eigenvalue weighted by Crippen LogP contribution is 2.44. The van der Waals surface area contributed by atoms with Gasteiger partial charge in [-0.15, -0.1) is 23.1 Å². The van der Waals surface area contributed by atoms with Crippen LogP contribution in [0.2, 0.25) is 0 Å². The van der Waals surface area contributed by atoms with Crippen LogP contribution in [0.15, 0.2) is 34.2 Å². The number of thiophene rings is 1. The van der Waals surface area contributed by atoms with Crippen molar-refractivity contribution >= 4 is 45.1 Å². The van der Waals surface area contributed by atoms with Gasteiger partial charge in [0.15, 0.2) is 5.16 Å². The van der Waals surface area contributed by atoms with Gasteiger partial charge in [0, 0.05) is 21.1 Å². The number of benzene rings is 1. The zero-order chi connectivity index (χ0) is 19.2. The maximum Gasteiger partial charge on any atom is 0.267 e. The Kier molecular flexibility index (Phi) is 5.16. The third-order valence-electron chi connectivity index (χ3n) is 4.80. The Morgan fingerprint density at radius 2 is 2.00 bits per heavy atom. The first-order valence-corrected chi connectivity index (χ1v) is 12.1. The molecule has 1 aromatic carbocycles. The molecule has 3 aromatic rings. The quantitative estimate of drug-likeness (QED) is 0.396. The van der Waals surface area contributed by atoms with E-state index in [1.54, 1.807) is 23.1 Å². The van der Waals surface area contributed by atoms with Crippen LogP contribution in [-0.4, -0.2) is 20.1 Å². The Labute approximate surface area is 172 Å². The van der Waals surface area contributed by atoms with Crippen molar-refractivity contribution in [3.8, 4) is 5.69 Å². The predicted octanol–water partition coefficient (Wildman–Crippen LogP) is 5.83. The van der Waals surface area contributed by atoms with Crippen LogP contribution < -0.4 is 5.56 Å². The van der Waals surface area contributed by atoms with Crippen molar-refractivity contribution < 1.29 is 0 Å². The minimum absolute atomic E-state index is 0.0858. The lowest BCUT2D eigenvalue weighted by Gasteiger charge is -2.28. The number of aromatic nitrogens is 2. The molecule has 0 bridgehead atoms. The van der Waals surface area contributed by atoms with Crippen molar-refractivity contribution in [2.45, 2.75) is 56.2 Å². The lowest BCUT2D eigenvalue weighted by atomic mass is 10.00.